The Bertz CT molecular complexity index is 1180. The number of hydrogen-bond donors (Lipinski definition) is 1. The van der Waals surface area contributed by atoms with E-state index >= 15 is 0 Å². The first kappa shape index (κ1) is 27.2. The topological polar surface area (TPSA) is 69.7 Å². The molecule has 0 atom stereocenters. The van der Waals surface area contributed by atoms with Gasteiger partial charge in [0.2, 0.25) is 15.9 Å². The fraction of sp³-hybridized carbons (Fsp3) is 0.320. The van der Waals surface area contributed by atoms with E-state index in [9.17, 15) is 13.2 Å². The maximum atomic E-state index is 13.2. The van der Waals surface area contributed by atoms with Gasteiger partial charge in [-0.2, -0.15) is 4.31 Å². The van der Waals surface area contributed by atoms with Crippen LogP contribution in [0.4, 0.5) is 0 Å². The maximum absolute atomic E-state index is 13.2. The van der Waals surface area contributed by atoms with Crippen molar-refractivity contribution in [3.05, 3.63) is 89.6 Å². The third-order valence-corrected chi connectivity index (χ3v) is 10.8. The van der Waals surface area contributed by atoms with Gasteiger partial charge in [0.1, 0.15) is 0 Å². The van der Waals surface area contributed by atoms with E-state index in [1.807, 2.05) is 75.0 Å². The molecule has 36 heavy (non-hydrogen) atoms. The molecule has 4 aromatic heterocycles. The van der Waals surface area contributed by atoms with E-state index in [-0.39, 0.29) is 18.2 Å². The van der Waals surface area contributed by atoms with E-state index in [0.717, 1.165) is 19.5 Å². The third kappa shape index (κ3) is 8.34. The van der Waals surface area contributed by atoms with Crippen molar-refractivity contribution >= 4 is 61.3 Å². The number of nitrogens with zero attached hydrogens (tertiary/aromatic N) is 2. The molecule has 0 aliphatic carbocycles. The van der Waals surface area contributed by atoms with Crippen LogP contribution in [0, 0.1) is 0 Å². The van der Waals surface area contributed by atoms with E-state index in [0.29, 0.717) is 39.1 Å². The lowest BCUT2D eigenvalue weighted by Gasteiger charge is -2.22. The van der Waals surface area contributed by atoms with Gasteiger partial charge >= 0.3 is 0 Å². The molecule has 0 aliphatic heterocycles. The zero-order chi connectivity index (χ0) is 25.2. The van der Waals surface area contributed by atoms with Crippen LogP contribution in [0.15, 0.2) is 70.1 Å². The van der Waals surface area contributed by atoms with E-state index in [2.05, 4.69) is 5.32 Å². The molecule has 0 saturated carbocycles. The summed E-state index contributed by atoms with van der Waals surface area (Å²) in [6.45, 7) is 2.55. The molecule has 1 N–H and O–H groups in total. The molecule has 0 unspecified atom stereocenters. The largest absolute Gasteiger partial charge is 0.331 e. The standard InChI is InChI=1S/C25H29N3O3S5/c29-25(27(17-21-6-1-11-32-21)18-22-7-2-12-33-22)16-26-10-5-15-36(30,31)28(19-23-8-3-13-34-23)20-24-9-4-14-35-24/h1-4,6-9,11-14,26H,5,10,15-20H2. The Labute approximate surface area is 228 Å². The fourth-order valence-electron chi connectivity index (χ4n) is 3.63. The molecule has 4 aromatic rings. The number of carbonyl (C=O) groups excluding carboxylic acids is 1. The molecular formula is C25H29N3O3S5. The summed E-state index contributed by atoms with van der Waals surface area (Å²) in [6, 6.07) is 15.9. The molecule has 4 rings (SSSR count). The van der Waals surface area contributed by atoms with Crippen LogP contribution in [0.1, 0.15) is 25.9 Å². The first-order valence-corrected chi connectivity index (χ1v) is 16.7. The van der Waals surface area contributed by atoms with Gasteiger partial charge in [-0.1, -0.05) is 24.3 Å². The zero-order valence-electron chi connectivity index (χ0n) is 19.7. The molecule has 1 amide bonds. The molecule has 0 radical (unpaired) electrons. The molecule has 11 heteroatoms. The van der Waals surface area contributed by atoms with Crippen molar-refractivity contribution in [1.82, 2.24) is 14.5 Å². The second-order valence-electron chi connectivity index (χ2n) is 8.18. The van der Waals surface area contributed by atoms with Crippen LogP contribution in [-0.4, -0.2) is 42.4 Å². The zero-order valence-corrected chi connectivity index (χ0v) is 23.8. The normalized spacial score (nSPS) is 11.8. The smallest absolute Gasteiger partial charge is 0.237 e. The number of sulfonamides is 1. The summed E-state index contributed by atoms with van der Waals surface area (Å²) in [6.07, 6.45) is 0.441. The highest BCUT2D eigenvalue weighted by atomic mass is 32.2. The lowest BCUT2D eigenvalue weighted by atomic mass is 10.3. The Morgan fingerprint density at radius 2 is 1.17 bits per heavy atom. The molecular weight excluding hydrogens is 551 g/mol. The minimum Gasteiger partial charge on any atom is -0.331 e. The van der Waals surface area contributed by atoms with Crippen LogP contribution in [0.3, 0.4) is 0 Å². The van der Waals surface area contributed by atoms with Gasteiger partial charge < -0.3 is 10.2 Å². The Hall–Kier alpha value is -1.86. The second-order valence-corrected chi connectivity index (χ2v) is 14.4. The minimum absolute atomic E-state index is 0.0108. The summed E-state index contributed by atoms with van der Waals surface area (Å²) in [4.78, 5) is 19.1. The first-order chi connectivity index (χ1) is 17.5. The number of hydrogen-bond acceptors (Lipinski definition) is 8. The molecule has 0 spiro atoms. The molecule has 0 fully saturated rings. The summed E-state index contributed by atoms with van der Waals surface area (Å²) in [5, 5.41) is 11.1. The van der Waals surface area contributed by atoms with Gasteiger partial charge in [0.05, 0.1) is 25.4 Å². The highest BCUT2D eigenvalue weighted by Gasteiger charge is 2.23. The highest BCUT2D eigenvalue weighted by Crippen LogP contribution is 2.21. The summed E-state index contributed by atoms with van der Waals surface area (Å²) >= 11 is 6.41. The van der Waals surface area contributed by atoms with E-state index in [1.165, 1.54) is 0 Å². The van der Waals surface area contributed by atoms with E-state index in [4.69, 9.17) is 0 Å². The van der Waals surface area contributed by atoms with Crippen molar-refractivity contribution in [2.24, 2.45) is 0 Å². The average Bonchev–Trinajstić information content (AvgIpc) is 3.67. The molecule has 4 heterocycles. The Balaban J connectivity index is 1.27. The van der Waals surface area contributed by atoms with Crippen molar-refractivity contribution in [2.75, 3.05) is 18.8 Å². The van der Waals surface area contributed by atoms with Crippen LogP contribution >= 0.6 is 45.3 Å². The molecule has 6 nitrogen and oxygen atoms in total. The number of rotatable bonds is 15. The van der Waals surface area contributed by atoms with Crippen LogP contribution in [-0.2, 0) is 41.0 Å². The molecule has 0 aliphatic rings. The van der Waals surface area contributed by atoms with Gasteiger partial charge in [-0.3, -0.25) is 4.79 Å². The molecule has 0 saturated heterocycles. The average molecular weight is 580 g/mol. The lowest BCUT2D eigenvalue weighted by molar-refractivity contribution is -0.131. The summed E-state index contributed by atoms with van der Waals surface area (Å²) < 4.78 is 27.9. The van der Waals surface area contributed by atoms with Crippen molar-refractivity contribution in [2.45, 2.75) is 32.6 Å². The first-order valence-electron chi connectivity index (χ1n) is 11.6. The van der Waals surface area contributed by atoms with Crippen molar-refractivity contribution in [1.29, 1.82) is 0 Å². The van der Waals surface area contributed by atoms with E-state index < -0.39 is 10.0 Å². The quantitative estimate of drug-likeness (QED) is 0.190. The van der Waals surface area contributed by atoms with Gasteiger partial charge in [-0.25, -0.2) is 8.42 Å². The SMILES string of the molecule is O=C(CNCCCS(=O)(=O)N(Cc1cccs1)Cc1cccs1)N(Cc1cccs1)Cc1cccs1. The summed E-state index contributed by atoms with van der Waals surface area (Å²) in [5.74, 6) is 0.0515. The maximum Gasteiger partial charge on any atom is 0.237 e. The van der Waals surface area contributed by atoms with Gasteiger partial charge in [0.25, 0.3) is 0 Å². The summed E-state index contributed by atoms with van der Waals surface area (Å²) in [5.41, 5.74) is 0. The van der Waals surface area contributed by atoms with Gasteiger partial charge in [-0.05, 0) is 58.8 Å². The van der Waals surface area contributed by atoms with Crippen LogP contribution < -0.4 is 5.32 Å². The molecule has 0 bridgehead atoms. The van der Waals surface area contributed by atoms with Crippen LogP contribution in [0.25, 0.3) is 0 Å². The number of amides is 1. The predicted octanol–water partition coefficient (Wildman–Crippen LogP) is 5.47. The van der Waals surface area contributed by atoms with Gasteiger partial charge in [-0.15, -0.1) is 45.3 Å². The fourth-order valence-corrected chi connectivity index (χ4v) is 8.11. The number of nitrogens with one attached hydrogen (secondary N) is 1. The van der Waals surface area contributed by atoms with Crippen molar-refractivity contribution in [3.8, 4) is 0 Å². The summed E-state index contributed by atoms with van der Waals surface area (Å²) in [7, 11) is -3.45. The number of carbonyl (C=O) groups is 1. The van der Waals surface area contributed by atoms with Gasteiger partial charge in [0, 0.05) is 32.6 Å². The molecule has 0 aromatic carbocycles. The van der Waals surface area contributed by atoms with Crippen LogP contribution in [0.5, 0.6) is 0 Å². The Morgan fingerprint density at radius 1 is 0.722 bits per heavy atom. The van der Waals surface area contributed by atoms with Crippen LogP contribution in [0.2, 0.25) is 0 Å². The van der Waals surface area contributed by atoms with Crippen molar-refractivity contribution in [3.63, 3.8) is 0 Å². The van der Waals surface area contributed by atoms with Crippen molar-refractivity contribution < 1.29 is 13.2 Å². The third-order valence-electron chi connectivity index (χ3n) is 5.46. The second kappa shape index (κ2) is 13.6. The van der Waals surface area contributed by atoms with Gasteiger partial charge in [0.15, 0.2) is 0 Å². The molecule has 192 valence electrons. The Kier molecular flexibility index (Phi) is 10.3. The predicted molar refractivity (Wildman–Crippen MR) is 152 cm³/mol. The minimum atomic E-state index is -3.45. The lowest BCUT2D eigenvalue weighted by Crippen LogP contribution is -2.38. The highest BCUT2D eigenvalue weighted by molar-refractivity contribution is 7.89. The Morgan fingerprint density at radius 3 is 1.58 bits per heavy atom. The van der Waals surface area contributed by atoms with E-state index in [1.54, 1.807) is 49.7 Å². The number of thiophene rings is 4. The monoisotopic (exact) mass is 579 g/mol.